The second kappa shape index (κ2) is 7.17. The van der Waals surface area contributed by atoms with Gasteiger partial charge in [0.1, 0.15) is 5.75 Å². The van der Waals surface area contributed by atoms with Crippen molar-refractivity contribution in [1.82, 2.24) is 0 Å². The van der Waals surface area contributed by atoms with E-state index in [1.807, 2.05) is 25.1 Å². The molecule has 0 aliphatic carbocycles. The van der Waals surface area contributed by atoms with Gasteiger partial charge in [-0.05, 0) is 36.6 Å². The minimum Gasteiger partial charge on any atom is -0.494 e. The van der Waals surface area contributed by atoms with Crippen molar-refractivity contribution in [2.45, 2.75) is 26.2 Å². The largest absolute Gasteiger partial charge is 0.494 e. The third kappa shape index (κ3) is 4.65. The van der Waals surface area contributed by atoms with Gasteiger partial charge in [0.05, 0.1) is 13.7 Å². The maximum absolute atomic E-state index is 10.9. The molecule has 0 aliphatic heterocycles. The predicted molar refractivity (Wildman–Crippen MR) is 67.6 cm³/mol. The van der Waals surface area contributed by atoms with Crippen LogP contribution in [0.4, 0.5) is 0 Å². The van der Waals surface area contributed by atoms with Crippen LogP contribution in [-0.2, 0) is 16.0 Å². The number of rotatable bonds is 6. The molecule has 3 nitrogen and oxygen atoms in total. The summed E-state index contributed by atoms with van der Waals surface area (Å²) < 4.78 is 10.1. The molecule has 4 heteroatoms. The van der Waals surface area contributed by atoms with Crippen LogP contribution >= 0.6 is 11.6 Å². The summed E-state index contributed by atoms with van der Waals surface area (Å²) in [5.74, 6) is 0.579. The van der Waals surface area contributed by atoms with Gasteiger partial charge < -0.3 is 9.47 Å². The summed E-state index contributed by atoms with van der Waals surface area (Å²) in [5, 5.41) is 0.759. The van der Waals surface area contributed by atoms with Gasteiger partial charge in [-0.3, -0.25) is 4.79 Å². The summed E-state index contributed by atoms with van der Waals surface area (Å²) in [4.78, 5) is 10.9. The van der Waals surface area contributed by atoms with Crippen LogP contribution in [0.1, 0.15) is 25.3 Å². The average Bonchev–Trinajstić information content (AvgIpc) is 2.36. The molecular weight excluding hydrogens is 240 g/mol. The Hall–Kier alpha value is -1.22. The van der Waals surface area contributed by atoms with E-state index < -0.39 is 0 Å². The molecule has 0 saturated carbocycles. The molecule has 0 unspecified atom stereocenters. The van der Waals surface area contributed by atoms with Gasteiger partial charge in [-0.15, -0.1) is 0 Å². The number of benzene rings is 1. The van der Waals surface area contributed by atoms with Gasteiger partial charge >= 0.3 is 5.97 Å². The second-order valence-electron chi connectivity index (χ2n) is 3.63. The van der Waals surface area contributed by atoms with Crippen molar-refractivity contribution in [3.05, 3.63) is 28.8 Å². The fraction of sp³-hybridized carbons (Fsp3) is 0.462. The molecule has 1 aromatic rings. The molecule has 0 spiro atoms. The molecule has 17 heavy (non-hydrogen) atoms. The van der Waals surface area contributed by atoms with Gasteiger partial charge in [-0.2, -0.15) is 0 Å². The summed E-state index contributed by atoms with van der Waals surface area (Å²) >= 11 is 6.00. The third-order valence-electron chi connectivity index (χ3n) is 2.42. The van der Waals surface area contributed by atoms with E-state index in [1.54, 1.807) is 0 Å². The number of halogens is 1. The fourth-order valence-electron chi connectivity index (χ4n) is 1.42. The first-order valence-electron chi connectivity index (χ1n) is 5.65. The molecule has 0 bridgehead atoms. The molecule has 0 atom stereocenters. The van der Waals surface area contributed by atoms with E-state index in [-0.39, 0.29) is 5.97 Å². The Labute approximate surface area is 107 Å². The number of carbonyl (C=O) groups excluding carboxylic acids is 1. The van der Waals surface area contributed by atoms with Crippen molar-refractivity contribution in [2.24, 2.45) is 0 Å². The highest BCUT2D eigenvalue weighted by atomic mass is 35.5. The molecule has 0 radical (unpaired) electrons. The quantitative estimate of drug-likeness (QED) is 0.579. The van der Waals surface area contributed by atoms with E-state index in [4.69, 9.17) is 16.3 Å². The maximum Gasteiger partial charge on any atom is 0.305 e. The van der Waals surface area contributed by atoms with Crippen LogP contribution in [0.2, 0.25) is 5.02 Å². The van der Waals surface area contributed by atoms with Crippen LogP contribution in [0.5, 0.6) is 5.75 Å². The summed E-state index contributed by atoms with van der Waals surface area (Å²) in [5.41, 5.74) is 1.07. The van der Waals surface area contributed by atoms with Crippen molar-refractivity contribution in [3.8, 4) is 5.75 Å². The zero-order valence-corrected chi connectivity index (χ0v) is 10.9. The Morgan fingerprint density at radius 2 is 2.18 bits per heavy atom. The molecule has 0 amide bonds. The van der Waals surface area contributed by atoms with Gasteiger partial charge in [-0.1, -0.05) is 18.5 Å². The van der Waals surface area contributed by atoms with E-state index in [9.17, 15) is 4.79 Å². The lowest BCUT2D eigenvalue weighted by Crippen LogP contribution is -2.04. The first-order chi connectivity index (χ1) is 8.17. The zero-order chi connectivity index (χ0) is 12.7. The first-order valence-corrected chi connectivity index (χ1v) is 6.03. The van der Waals surface area contributed by atoms with Crippen LogP contribution in [0.15, 0.2) is 18.2 Å². The van der Waals surface area contributed by atoms with Gasteiger partial charge in [0, 0.05) is 11.4 Å². The normalized spacial score (nSPS) is 10.1. The average molecular weight is 257 g/mol. The number of esters is 1. The number of hydrogen-bond donors (Lipinski definition) is 0. The standard InChI is InChI=1S/C13H17ClO3/c1-3-10-9-11(6-7-12(10)14)17-8-4-5-13(15)16-2/h6-7,9H,3-5,8H2,1-2H3. The van der Waals surface area contributed by atoms with E-state index >= 15 is 0 Å². The number of ether oxygens (including phenoxy) is 2. The molecule has 0 fully saturated rings. The summed E-state index contributed by atoms with van der Waals surface area (Å²) in [6.45, 7) is 2.54. The molecule has 1 aromatic carbocycles. The van der Waals surface area contributed by atoms with E-state index in [0.29, 0.717) is 19.4 Å². The SMILES string of the molecule is CCc1cc(OCCCC(=O)OC)ccc1Cl. The highest BCUT2D eigenvalue weighted by Crippen LogP contribution is 2.22. The molecule has 0 N–H and O–H groups in total. The van der Waals surface area contributed by atoms with Crippen LogP contribution in [-0.4, -0.2) is 19.7 Å². The molecule has 0 saturated heterocycles. The van der Waals surface area contributed by atoms with Crippen molar-refractivity contribution in [2.75, 3.05) is 13.7 Å². The van der Waals surface area contributed by atoms with Crippen LogP contribution in [0.3, 0.4) is 0 Å². The summed E-state index contributed by atoms with van der Waals surface area (Å²) in [7, 11) is 1.38. The Balaban J connectivity index is 2.39. The van der Waals surface area contributed by atoms with Crippen molar-refractivity contribution >= 4 is 17.6 Å². The molecular formula is C13H17ClO3. The van der Waals surface area contributed by atoms with Crippen LogP contribution < -0.4 is 4.74 Å². The number of methoxy groups -OCH3 is 1. The molecule has 1 rings (SSSR count). The van der Waals surface area contributed by atoms with E-state index in [1.165, 1.54) is 7.11 Å². The maximum atomic E-state index is 10.9. The van der Waals surface area contributed by atoms with Crippen LogP contribution in [0, 0.1) is 0 Å². The third-order valence-corrected chi connectivity index (χ3v) is 2.79. The topological polar surface area (TPSA) is 35.5 Å². The minimum absolute atomic E-state index is 0.209. The number of aryl methyl sites for hydroxylation is 1. The lowest BCUT2D eigenvalue weighted by Gasteiger charge is -2.08. The van der Waals surface area contributed by atoms with Gasteiger partial charge in [0.25, 0.3) is 0 Å². The second-order valence-corrected chi connectivity index (χ2v) is 4.04. The van der Waals surface area contributed by atoms with Gasteiger partial charge in [0.2, 0.25) is 0 Å². The molecule has 0 heterocycles. The zero-order valence-electron chi connectivity index (χ0n) is 10.2. The Bertz CT molecular complexity index is 377. The highest BCUT2D eigenvalue weighted by molar-refractivity contribution is 6.31. The van der Waals surface area contributed by atoms with Gasteiger partial charge in [0.15, 0.2) is 0 Å². The Kier molecular flexibility index (Phi) is 5.84. The monoisotopic (exact) mass is 256 g/mol. The van der Waals surface area contributed by atoms with Crippen molar-refractivity contribution in [1.29, 1.82) is 0 Å². The molecule has 0 aromatic heterocycles. The summed E-state index contributed by atoms with van der Waals surface area (Å²) in [6, 6.07) is 5.59. The number of hydrogen-bond acceptors (Lipinski definition) is 3. The number of carbonyl (C=O) groups is 1. The highest BCUT2D eigenvalue weighted by Gasteiger charge is 2.02. The van der Waals surface area contributed by atoms with Crippen LogP contribution in [0.25, 0.3) is 0 Å². The first kappa shape index (κ1) is 13.8. The molecule has 0 aliphatic rings. The van der Waals surface area contributed by atoms with Crippen molar-refractivity contribution < 1.29 is 14.3 Å². The lowest BCUT2D eigenvalue weighted by molar-refractivity contribution is -0.140. The fourth-order valence-corrected chi connectivity index (χ4v) is 1.67. The summed E-state index contributed by atoms with van der Waals surface area (Å²) in [6.07, 6.45) is 1.90. The van der Waals surface area contributed by atoms with Gasteiger partial charge in [-0.25, -0.2) is 0 Å². The van der Waals surface area contributed by atoms with E-state index in [0.717, 1.165) is 22.8 Å². The predicted octanol–water partition coefficient (Wildman–Crippen LogP) is 3.23. The lowest BCUT2D eigenvalue weighted by atomic mass is 10.1. The Morgan fingerprint density at radius 1 is 1.41 bits per heavy atom. The van der Waals surface area contributed by atoms with E-state index in [2.05, 4.69) is 4.74 Å². The van der Waals surface area contributed by atoms with Crippen molar-refractivity contribution in [3.63, 3.8) is 0 Å². The Morgan fingerprint density at radius 3 is 2.82 bits per heavy atom. The minimum atomic E-state index is -0.209. The molecule has 94 valence electrons. The smallest absolute Gasteiger partial charge is 0.305 e.